The number of piperidine rings is 1. The van der Waals surface area contributed by atoms with Crippen molar-refractivity contribution in [2.24, 2.45) is 5.92 Å². The summed E-state index contributed by atoms with van der Waals surface area (Å²) in [5.41, 5.74) is 0. The van der Waals surface area contributed by atoms with Gasteiger partial charge in [0.15, 0.2) is 5.82 Å². The van der Waals surface area contributed by atoms with Gasteiger partial charge < -0.3 is 14.5 Å². The Morgan fingerprint density at radius 3 is 2.95 bits per heavy atom. The van der Waals surface area contributed by atoms with Crippen LogP contribution >= 0.6 is 0 Å². The number of likely N-dealkylation sites (tertiary alicyclic amines) is 1. The van der Waals surface area contributed by atoms with Crippen molar-refractivity contribution in [1.29, 1.82) is 0 Å². The van der Waals surface area contributed by atoms with Crippen LogP contribution in [0.2, 0.25) is 0 Å². The van der Waals surface area contributed by atoms with Gasteiger partial charge in [0.1, 0.15) is 0 Å². The lowest BCUT2D eigenvalue weighted by atomic mass is 9.98. The zero-order valence-electron chi connectivity index (χ0n) is 10.8. The number of rotatable bonds is 4. The predicted molar refractivity (Wildman–Crippen MR) is 64.3 cm³/mol. The molecule has 19 heavy (non-hydrogen) atoms. The third-order valence-corrected chi connectivity index (χ3v) is 3.25. The lowest BCUT2D eigenvalue weighted by Gasteiger charge is -2.30. The van der Waals surface area contributed by atoms with Crippen LogP contribution in [-0.2, 0) is 16.0 Å². The molecule has 1 aromatic heterocycles. The molecule has 0 bridgehead atoms. The molecule has 1 saturated heterocycles. The van der Waals surface area contributed by atoms with Gasteiger partial charge >= 0.3 is 5.97 Å². The topological polar surface area (TPSA) is 96.5 Å². The third-order valence-electron chi connectivity index (χ3n) is 3.25. The number of carboxylic acids is 1. The Balaban J connectivity index is 1.84. The highest BCUT2D eigenvalue weighted by atomic mass is 16.5. The number of amides is 1. The highest BCUT2D eigenvalue weighted by Crippen LogP contribution is 2.17. The average Bonchev–Trinajstić information content (AvgIpc) is 2.82. The number of nitrogens with zero attached hydrogens (tertiary/aromatic N) is 3. The lowest BCUT2D eigenvalue weighted by Crippen LogP contribution is -2.42. The molecule has 7 heteroatoms. The molecular formula is C12H17N3O4. The molecule has 1 amide bonds. The number of aryl methyl sites for hydroxylation is 2. The fourth-order valence-corrected chi connectivity index (χ4v) is 2.22. The Morgan fingerprint density at radius 2 is 2.32 bits per heavy atom. The summed E-state index contributed by atoms with van der Waals surface area (Å²) in [7, 11) is 0. The van der Waals surface area contributed by atoms with E-state index in [9.17, 15) is 9.59 Å². The summed E-state index contributed by atoms with van der Waals surface area (Å²) < 4.78 is 4.94. The van der Waals surface area contributed by atoms with Crippen molar-refractivity contribution in [1.82, 2.24) is 15.0 Å². The summed E-state index contributed by atoms with van der Waals surface area (Å²) in [5.74, 6) is -0.334. The van der Waals surface area contributed by atoms with E-state index in [1.54, 1.807) is 11.8 Å². The minimum atomic E-state index is -0.829. The zero-order chi connectivity index (χ0) is 13.8. The number of hydrogen-bond donors (Lipinski definition) is 1. The van der Waals surface area contributed by atoms with Gasteiger partial charge in [0, 0.05) is 25.9 Å². The van der Waals surface area contributed by atoms with Crippen LogP contribution in [0.25, 0.3) is 0 Å². The van der Waals surface area contributed by atoms with Gasteiger partial charge in [-0.3, -0.25) is 9.59 Å². The smallest absolute Gasteiger partial charge is 0.308 e. The number of carbonyl (C=O) groups is 2. The van der Waals surface area contributed by atoms with Crippen molar-refractivity contribution >= 4 is 11.9 Å². The first-order chi connectivity index (χ1) is 9.06. The maximum Gasteiger partial charge on any atom is 0.308 e. The Hall–Kier alpha value is -1.92. The molecule has 0 aliphatic carbocycles. The van der Waals surface area contributed by atoms with Crippen molar-refractivity contribution in [3.05, 3.63) is 11.7 Å². The summed E-state index contributed by atoms with van der Waals surface area (Å²) >= 11 is 0. The van der Waals surface area contributed by atoms with E-state index in [0.29, 0.717) is 37.6 Å². The highest BCUT2D eigenvalue weighted by Gasteiger charge is 2.27. The van der Waals surface area contributed by atoms with E-state index in [0.717, 1.165) is 6.42 Å². The summed E-state index contributed by atoms with van der Waals surface area (Å²) in [4.78, 5) is 28.6. The molecule has 1 fully saturated rings. The lowest BCUT2D eigenvalue weighted by molar-refractivity contribution is -0.145. The molecule has 104 valence electrons. The summed E-state index contributed by atoms with van der Waals surface area (Å²) in [6.07, 6.45) is 2.05. The molecule has 1 aliphatic heterocycles. The van der Waals surface area contributed by atoms with Crippen LogP contribution in [-0.4, -0.2) is 45.1 Å². The van der Waals surface area contributed by atoms with E-state index in [2.05, 4.69) is 10.1 Å². The number of carbonyl (C=O) groups excluding carboxylic acids is 1. The van der Waals surface area contributed by atoms with Crippen molar-refractivity contribution in [2.45, 2.75) is 32.6 Å². The number of aromatic nitrogens is 2. The average molecular weight is 267 g/mol. The van der Waals surface area contributed by atoms with Gasteiger partial charge in [-0.15, -0.1) is 0 Å². The van der Waals surface area contributed by atoms with Crippen LogP contribution in [0.4, 0.5) is 0 Å². The SMILES string of the molecule is Cc1noc(CCC(=O)N2CCCC(C(=O)O)C2)n1. The molecule has 0 spiro atoms. The minimum Gasteiger partial charge on any atom is -0.481 e. The standard InChI is InChI=1S/C12H17N3O4/c1-8-13-10(19-14-8)4-5-11(16)15-6-2-3-9(7-15)12(17)18/h9H,2-7H2,1H3,(H,17,18). The minimum absolute atomic E-state index is 0.0539. The second-order valence-corrected chi connectivity index (χ2v) is 4.75. The van der Waals surface area contributed by atoms with E-state index < -0.39 is 11.9 Å². The number of carboxylic acid groups (broad SMARTS) is 1. The number of aliphatic carboxylic acids is 1. The molecule has 2 heterocycles. The van der Waals surface area contributed by atoms with Crippen LogP contribution in [0.3, 0.4) is 0 Å². The Bertz CT molecular complexity index is 471. The monoisotopic (exact) mass is 267 g/mol. The van der Waals surface area contributed by atoms with E-state index in [1.165, 1.54) is 0 Å². The van der Waals surface area contributed by atoms with Crippen LogP contribution in [0.5, 0.6) is 0 Å². The fraction of sp³-hybridized carbons (Fsp3) is 0.667. The Morgan fingerprint density at radius 1 is 1.53 bits per heavy atom. The molecule has 7 nitrogen and oxygen atoms in total. The number of hydrogen-bond acceptors (Lipinski definition) is 5. The largest absolute Gasteiger partial charge is 0.481 e. The quantitative estimate of drug-likeness (QED) is 0.859. The molecule has 1 atom stereocenters. The van der Waals surface area contributed by atoms with Gasteiger partial charge in [-0.05, 0) is 19.8 Å². The Kier molecular flexibility index (Phi) is 4.13. The van der Waals surface area contributed by atoms with Crippen LogP contribution < -0.4 is 0 Å². The van der Waals surface area contributed by atoms with Crippen LogP contribution in [0.15, 0.2) is 4.52 Å². The Labute approximate surface area is 110 Å². The molecule has 0 aromatic carbocycles. The van der Waals surface area contributed by atoms with Crippen LogP contribution in [0.1, 0.15) is 31.0 Å². The van der Waals surface area contributed by atoms with Gasteiger partial charge in [-0.1, -0.05) is 5.16 Å². The highest BCUT2D eigenvalue weighted by molar-refractivity contribution is 5.78. The van der Waals surface area contributed by atoms with Gasteiger partial charge in [0.25, 0.3) is 0 Å². The van der Waals surface area contributed by atoms with Gasteiger partial charge in [-0.2, -0.15) is 4.98 Å². The third kappa shape index (κ3) is 3.52. The zero-order valence-corrected chi connectivity index (χ0v) is 10.8. The molecule has 1 aromatic rings. The van der Waals surface area contributed by atoms with E-state index in [4.69, 9.17) is 9.63 Å². The van der Waals surface area contributed by atoms with Crippen molar-refractivity contribution in [2.75, 3.05) is 13.1 Å². The molecule has 2 rings (SSSR count). The van der Waals surface area contributed by atoms with Gasteiger partial charge in [-0.25, -0.2) is 0 Å². The van der Waals surface area contributed by atoms with Crippen LogP contribution in [0, 0.1) is 12.8 Å². The van der Waals surface area contributed by atoms with Gasteiger partial charge in [0.05, 0.1) is 5.92 Å². The summed E-state index contributed by atoms with van der Waals surface area (Å²) in [6, 6.07) is 0. The van der Waals surface area contributed by atoms with Crippen molar-refractivity contribution < 1.29 is 19.2 Å². The van der Waals surface area contributed by atoms with E-state index >= 15 is 0 Å². The molecule has 1 N–H and O–H groups in total. The molecule has 1 unspecified atom stereocenters. The molecule has 1 aliphatic rings. The maximum absolute atomic E-state index is 12.0. The molecular weight excluding hydrogens is 250 g/mol. The van der Waals surface area contributed by atoms with E-state index in [1.807, 2.05) is 0 Å². The first-order valence-electron chi connectivity index (χ1n) is 6.36. The van der Waals surface area contributed by atoms with Crippen molar-refractivity contribution in [3.63, 3.8) is 0 Å². The molecule has 0 saturated carbocycles. The second-order valence-electron chi connectivity index (χ2n) is 4.75. The second kappa shape index (κ2) is 5.81. The molecule has 0 radical (unpaired) electrons. The first kappa shape index (κ1) is 13.5. The maximum atomic E-state index is 12.0. The predicted octanol–water partition coefficient (Wildman–Crippen LogP) is 0.634. The summed E-state index contributed by atoms with van der Waals surface area (Å²) in [6.45, 7) is 2.65. The fourth-order valence-electron chi connectivity index (χ4n) is 2.22. The normalized spacial score (nSPS) is 19.4. The van der Waals surface area contributed by atoms with Gasteiger partial charge in [0.2, 0.25) is 11.8 Å². The van der Waals surface area contributed by atoms with E-state index in [-0.39, 0.29) is 12.3 Å². The first-order valence-corrected chi connectivity index (χ1v) is 6.36. The summed E-state index contributed by atoms with van der Waals surface area (Å²) in [5, 5.41) is 12.6. The van der Waals surface area contributed by atoms with Crippen molar-refractivity contribution in [3.8, 4) is 0 Å².